The Balaban J connectivity index is 1.72. The molecule has 0 spiro atoms. The number of likely N-dealkylation sites (tertiary alicyclic amines) is 1. The van der Waals surface area contributed by atoms with Crippen molar-refractivity contribution < 1.29 is 14.3 Å². The van der Waals surface area contributed by atoms with E-state index in [1.807, 2.05) is 4.90 Å². The highest BCUT2D eigenvalue weighted by Crippen LogP contribution is 2.41. The van der Waals surface area contributed by atoms with Crippen LogP contribution in [0.15, 0.2) is 17.3 Å². The van der Waals surface area contributed by atoms with Crippen LogP contribution in [0, 0.1) is 4.91 Å². The van der Waals surface area contributed by atoms with E-state index in [0.717, 1.165) is 18.4 Å². The van der Waals surface area contributed by atoms with E-state index in [2.05, 4.69) is 5.18 Å². The van der Waals surface area contributed by atoms with Crippen LogP contribution in [0.3, 0.4) is 0 Å². The highest BCUT2D eigenvalue weighted by atomic mass is 35.5. The van der Waals surface area contributed by atoms with Gasteiger partial charge in [0.25, 0.3) is 0 Å². The smallest absolute Gasteiger partial charge is 0.219 e. The topological polar surface area (TPSA) is 68.2 Å². The summed E-state index contributed by atoms with van der Waals surface area (Å²) in [7, 11) is 0. The van der Waals surface area contributed by atoms with E-state index in [1.54, 1.807) is 19.1 Å². The molecule has 0 aromatic heterocycles. The van der Waals surface area contributed by atoms with Gasteiger partial charge in [-0.3, -0.25) is 4.79 Å². The minimum absolute atomic E-state index is 0.0183. The Hall–Kier alpha value is -1.82. The predicted molar refractivity (Wildman–Crippen MR) is 86.0 cm³/mol. The van der Waals surface area contributed by atoms with E-state index in [1.165, 1.54) is 0 Å². The largest absolute Gasteiger partial charge is 0.493 e. The fraction of sp³-hybridized carbons (Fsp3) is 0.562. The summed E-state index contributed by atoms with van der Waals surface area (Å²) in [5.74, 6) is 1.26. The highest BCUT2D eigenvalue weighted by molar-refractivity contribution is 6.32. The molecule has 0 radical (unpaired) electrons. The molecule has 2 heterocycles. The van der Waals surface area contributed by atoms with E-state index in [4.69, 9.17) is 21.1 Å². The molecule has 0 aliphatic carbocycles. The van der Waals surface area contributed by atoms with Gasteiger partial charge in [0.15, 0.2) is 0 Å². The lowest BCUT2D eigenvalue weighted by molar-refractivity contribution is -0.130. The minimum Gasteiger partial charge on any atom is -0.493 e. The summed E-state index contributed by atoms with van der Waals surface area (Å²) < 4.78 is 11.6. The summed E-state index contributed by atoms with van der Waals surface area (Å²) in [6.45, 7) is 3.42. The first kappa shape index (κ1) is 16.1. The summed E-state index contributed by atoms with van der Waals surface area (Å²) >= 11 is 6.29. The standard InChI is InChI=1S/C16H19ClN2O4/c1-10(20)19-5-2-11(3-6-19)23-16-9-15-12(8-13(16)17)14(18-21)4-7-22-15/h8-9,11,14H,2-7H2,1H3. The Labute approximate surface area is 139 Å². The molecule has 1 aromatic rings. The molecule has 3 rings (SSSR count). The number of halogens is 1. The maximum absolute atomic E-state index is 11.4. The maximum Gasteiger partial charge on any atom is 0.219 e. The molecule has 0 bridgehead atoms. The first-order chi connectivity index (χ1) is 11.1. The van der Waals surface area contributed by atoms with Crippen molar-refractivity contribution in [1.82, 2.24) is 4.90 Å². The van der Waals surface area contributed by atoms with E-state index in [0.29, 0.717) is 42.6 Å². The van der Waals surface area contributed by atoms with Crippen molar-refractivity contribution in [3.05, 3.63) is 27.6 Å². The summed E-state index contributed by atoms with van der Waals surface area (Å²) in [6.07, 6.45) is 2.12. The molecule has 1 aromatic carbocycles. The minimum atomic E-state index is -0.413. The Morgan fingerprint density at radius 1 is 1.35 bits per heavy atom. The molecule has 124 valence electrons. The molecule has 0 N–H and O–H groups in total. The number of piperidine rings is 1. The second kappa shape index (κ2) is 6.74. The van der Waals surface area contributed by atoms with Crippen LogP contribution < -0.4 is 9.47 Å². The molecule has 1 saturated heterocycles. The number of nitrogens with zero attached hydrogens (tertiary/aromatic N) is 2. The van der Waals surface area contributed by atoms with Gasteiger partial charge in [0.05, 0.1) is 11.6 Å². The summed E-state index contributed by atoms with van der Waals surface area (Å²) in [6, 6.07) is 3.04. The van der Waals surface area contributed by atoms with Crippen LogP contribution in [0.25, 0.3) is 0 Å². The average Bonchev–Trinajstić information content (AvgIpc) is 2.55. The van der Waals surface area contributed by atoms with Crippen molar-refractivity contribution in [2.45, 2.75) is 38.3 Å². The Kier molecular flexibility index (Phi) is 4.71. The van der Waals surface area contributed by atoms with E-state index < -0.39 is 6.04 Å². The van der Waals surface area contributed by atoms with Gasteiger partial charge in [0.2, 0.25) is 5.91 Å². The van der Waals surface area contributed by atoms with Crippen molar-refractivity contribution in [3.63, 3.8) is 0 Å². The Morgan fingerprint density at radius 2 is 2.09 bits per heavy atom. The third-order valence-electron chi connectivity index (χ3n) is 4.38. The van der Waals surface area contributed by atoms with Crippen LogP contribution in [-0.2, 0) is 4.79 Å². The van der Waals surface area contributed by atoms with Gasteiger partial charge in [-0.25, -0.2) is 0 Å². The lowest BCUT2D eigenvalue weighted by Gasteiger charge is -2.32. The molecular weight excluding hydrogens is 320 g/mol. The molecule has 23 heavy (non-hydrogen) atoms. The number of ether oxygens (including phenoxy) is 2. The zero-order valence-electron chi connectivity index (χ0n) is 13.0. The number of rotatable bonds is 3. The van der Waals surface area contributed by atoms with Crippen LogP contribution in [-0.4, -0.2) is 36.6 Å². The lowest BCUT2D eigenvalue weighted by Crippen LogP contribution is -2.40. The molecule has 6 nitrogen and oxygen atoms in total. The first-order valence-corrected chi connectivity index (χ1v) is 8.17. The number of benzene rings is 1. The Bertz CT molecular complexity index is 614. The van der Waals surface area contributed by atoms with E-state index >= 15 is 0 Å². The summed E-state index contributed by atoms with van der Waals surface area (Å²) in [5.41, 5.74) is 0.718. The quantitative estimate of drug-likeness (QED) is 0.793. The number of carbonyl (C=O) groups is 1. The third-order valence-corrected chi connectivity index (χ3v) is 4.68. The SMILES string of the molecule is CC(=O)N1CCC(Oc2cc3c(cc2Cl)C(N=O)CCO3)CC1. The molecular formula is C16H19ClN2O4. The van der Waals surface area contributed by atoms with Crippen molar-refractivity contribution >= 4 is 17.5 Å². The normalized spacial score (nSPS) is 21.3. The van der Waals surface area contributed by atoms with E-state index in [9.17, 15) is 9.70 Å². The Morgan fingerprint density at radius 3 is 2.74 bits per heavy atom. The molecule has 1 amide bonds. The number of nitroso groups, excluding NO2 is 1. The molecule has 2 aliphatic heterocycles. The van der Waals surface area contributed by atoms with Gasteiger partial charge in [0.1, 0.15) is 23.6 Å². The van der Waals surface area contributed by atoms with Crippen LogP contribution in [0.4, 0.5) is 0 Å². The fourth-order valence-electron chi connectivity index (χ4n) is 3.04. The average molecular weight is 339 g/mol. The zero-order chi connectivity index (χ0) is 16.4. The number of fused-ring (bicyclic) bond motifs is 1. The second-order valence-electron chi connectivity index (χ2n) is 5.90. The van der Waals surface area contributed by atoms with Crippen molar-refractivity contribution in [2.24, 2.45) is 5.18 Å². The predicted octanol–water partition coefficient (Wildman–Crippen LogP) is 3.32. The van der Waals surface area contributed by atoms with Gasteiger partial charge < -0.3 is 14.4 Å². The number of hydrogen-bond donors (Lipinski definition) is 0. The summed E-state index contributed by atoms with van der Waals surface area (Å²) in [5, 5.41) is 3.59. The molecule has 7 heteroatoms. The van der Waals surface area contributed by atoms with E-state index in [-0.39, 0.29) is 12.0 Å². The fourth-order valence-corrected chi connectivity index (χ4v) is 3.26. The zero-order valence-corrected chi connectivity index (χ0v) is 13.7. The number of hydrogen-bond acceptors (Lipinski definition) is 5. The van der Waals surface area contributed by atoms with Gasteiger partial charge in [-0.2, -0.15) is 4.91 Å². The van der Waals surface area contributed by atoms with Crippen molar-refractivity contribution in [2.75, 3.05) is 19.7 Å². The highest BCUT2D eigenvalue weighted by Gasteiger charge is 2.26. The summed E-state index contributed by atoms with van der Waals surface area (Å²) in [4.78, 5) is 24.1. The van der Waals surface area contributed by atoms with Gasteiger partial charge in [0, 0.05) is 50.9 Å². The van der Waals surface area contributed by atoms with Crippen LogP contribution in [0.1, 0.15) is 37.8 Å². The van der Waals surface area contributed by atoms with Gasteiger partial charge in [-0.15, -0.1) is 0 Å². The van der Waals surface area contributed by atoms with Gasteiger partial charge >= 0.3 is 0 Å². The second-order valence-corrected chi connectivity index (χ2v) is 6.31. The molecule has 1 fully saturated rings. The van der Waals surface area contributed by atoms with Crippen molar-refractivity contribution in [1.29, 1.82) is 0 Å². The van der Waals surface area contributed by atoms with Crippen LogP contribution in [0.5, 0.6) is 11.5 Å². The first-order valence-electron chi connectivity index (χ1n) is 7.79. The maximum atomic E-state index is 11.4. The molecule has 1 unspecified atom stereocenters. The van der Waals surface area contributed by atoms with Gasteiger partial charge in [-0.05, 0) is 6.07 Å². The lowest BCUT2D eigenvalue weighted by atomic mass is 10.0. The van der Waals surface area contributed by atoms with Crippen molar-refractivity contribution in [3.8, 4) is 11.5 Å². The number of amides is 1. The van der Waals surface area contributed by atoms with Crippen LogP contribution in [0.2, 0.25) is 5.02 Å². The molecule has 1 atom stereocenters. The monoisotopic (exact) mass is 338 g/mol. The third kappa shape index (κ3) is 3.42. The number of carbonyl (C=O) groups excluding carboxylic acids is 1. The molecule has 0 saturated carbocycles. The van der Waals surface area contributed by atoms with Gasteiger partial charge in [-0.1, -0.05) is 16.8 Å². The van der Waals surface area contributed by atoms with Crippen LogP contribution >= 0.6 is 11.6 Å². The molecule has 2 aliphatic rings.